The van der Waals surface area contributed by atoms with Crippen LogP contribution in [0, 0.1) is 0 Å². The molecule has 1 atom stereocenters. The van der Waals surface area contributed by atoms with E-state index in [0.717, 1.165) is 31.6 Å². The fourth-order valence-corrected chi connectivity index (χ4v) is 4.12. The molecule has 1 saturated carbocycles. The van der Waals surface area contributed by atoms with E-state index in [2.05, 4.69) is 17.9 Å². The topological polar surface area (TPSA) is 45.7 Å². The number of nitrogens with zero attached hydrogens (tertiary/aromatic N) is 3. The quantitative estimate of drug-likeness (QED) is 0.628. The van der Waals surface area contributed by atoms with Crippen molar-refractivity contribution in [2.24, 2.45) is 0 Å². The molecule has 1 aliphatic heterocycles. The van der Waals surface area contributed by atoms with Crippen LogP contribution in [-0.2, 0) is 4.74 Å². The molecule has 0 bridgehead atoms. The van der Waals surface area contributed by atoms with Crippen molar-refractivity contribution in [3.05, 3.63) is 23.9 Å². The lowest BCUT2D eigenvalue weighted by molar-refractivity contribution is 0.0548. The number of hydrogen-bond donors (Lipinski definition) is 0. The maximum atomic E-state index is 12.8. The number of pyridine rings is 1. The second kappa shape index (κ2) is 9.25. The van der Waals surface area contributed by atoms with Crippen LogP contribution in [0.1, 0.15) is 90.7 Å². The molecule has 2 aliphatic rings. The number of ether oxygens (including phenoxy) is 1. The van der Waals surface area contributed by atoms with E-state index in [1.807, 2.05) is 33.0 Å². The molecule has 0 spiro atoms. The van der Waals surface area contributed by atoms with Gasteiger partial charge in [0.25, 0.3) is 0 Å². The average molecular weight is 388 g/mol. The van der Waals surface area contributed by atoms with Gasteiger partial charge in [-0.05, 0) is 84.0 Å². The second-order valence-corrected chi connectivity index (χ2v) is 9.29. The van der Waals surface area contributed by atoms with Crippen LogP contribution in [0.2, 0.25) is 0 Å². The SMILES string of the molecule is CCCCN1CCCC[C@@H]1c1ccc(N(C(=O)OC(C)(C)C)C2CCC2)nc1. The Morgan fingerprint density at radius 1 is 1.21 bits per heavy atom. The van der Waals surface area contributed by atoms with E-state index in [0.29, 0.717) is 6.04 Å². The van der Waals surface area contributed by atoms with E-state index in [1.165, 1.54) is 44.2 Å². The van der Waals surface area contributed by atoms with Gasteiger partial charge in [-0.3, -0.25) is 9.80 Å². The van der Waals surface area contributed by atoms with E-state index in [9.17, 15) is 4.79 Å². The van der Waals surface area contributed by atoms with Gasteiger partial charge in [-0.2, -0.15) is 0 Å². The van der Waals surface area contributed by atoms with Gasteiger partial charge in [-0.1, -0.05) is 25.8 Å². The van der Waals surface area contributed by atoms with E-state index in [-0.39, 0.29) is 12.1 Å². The zero-order chi connectivity index (χ0) is 20.1. The molecule has 0 aromatic carbocycles. The van der Waals surface area contributed by atoms with Gasteiger partial charge in [0.2, 0.25) is 0 Å². The molecule has 0 N–H and O–H groups in total. The summed E-state index contributed by atoms with van der Waals surface area (Å²) in [4.78, 5) is 21.9. The van der Waals surface area contributed by atoms with Crippen LogP contribution in [-0.4, -0.2) is 40.7 Å². The summed E-state index contributed by atoms with van der Waals surface area (Å²) in [6, 6.07) is 4.86. The summed E-state index contributed by atoms with van der Waals surface area (Å²) in [5.74, 6) is 0.721. The van der Waals surface area contributed by atoms with Crippen molar-refractivity contribution in [1.29, 1.82) is 0 Å². The minimum atomic E-state index is -0.499. The van der Waals surface area contributed by atoms with Gasteiger partial charge in [-0.15, -0.1) is 0 Å². The summed E-state index contributed by atoms with van der Waals surface area (Å²) in [5, 5.41) is 0. The number of piperidine rings is 1. The van der Waals surface area contributed by atoms with Crippen molar-refractivity contribution in [2.45, 2.75) is 96.7 Å². The number of unbranched alkanes of at least 4 members (excludes halogenated alkanes) is 1. The van der Waals surface area contributed by atoms with Crippen molar-refractivity contribution in [2.75, 3.05) is 18.0 Å². The first kappa shape index (κ1) is 21.1. The molecule has 2 heterocycles. The molecule has 2 fully saturated rings. The highest BCUT2D eigenvalue weighted by Crippen LogP contribution is 2.33. The van der Waals surface area contributed by atoms with Crippen molar-refractivity contribution >= 4 is 11.9 Å². The first-order valence-corrected chi connectivity index (χ1v) is 11.1. The minimum Gasteiger partial charge on any atom is -0.443 e. The number of carbonyl (C=O) groups excluding carboxylic acids is 1. The minimum absolute atomic E-state index is 0.212. The Balaban J connectivity index is 1.75. The fraction of sp³-hybridized carbons (Fsp3) is 0.739. The molecule has 156 valence electrons. The van der Waals surface area contributed by atoms with Crippen molar-refractivity contribution in [3.63, 3.8) is 0 Å². The number of rotatable bonds is 6. The summed E-state index contributed by atoms with van der Waals surface area (Å²) in [6.07, 6.45) is 11.2. The smallest absolute Gasteiger partial charge is 0.416 e. The third-order valence-electron chi connectivity index (χ3n) is 5.84. The number of hydrogen-bond acceptors (Lipinski definition) is 4. The Kier molecular flexibility index (Phi) is 6.97. The summed E-state index contributed by atoms with van der Waals surface area (Å²) >= 11 is 0. The highest BCUT2D eigenvalue weighted by Gasteiger charge is 2.34. The molecule has 5 heteroatoms. The lowest BCUT2D eigenvalue weighted by atomic mass is 9.91. The zero-order valence-electron chi connectivity index (χ0n) is 18.1. The number of anilines is 1. The number of carbonyl (C=O) groups is 1. The second-order valence-electron chi connectivity index (χ2n) is 9.29. The summed E-state index contributed by atoms with van der Waals surface area (Å²) in [7, 11) is 0. The normalized spacial score (nSPS) is 21.2. The first-order valence-electron chi connectivity index (χ1n) is 11.1. The molecule has 1 aromatic rings. The maximum absolute atomic E-state index is 12.8. The lowest BCUT2D eigenvalue weighted by Gasteiger charge is -2.38. The monoisotopic (exact) mass is 387 g/mol. The maximum Gasteiger partial charge on any atom is 0.416 e. The summed E-state index contributed by atoms with van der Waals surface area (Å²) in [5.41, 5.74) is 0.776. The molecule has 0 unspecified atom stereocenters. The molecule has 1 saturated heterocycles. The van der Waals surface area contributed by atoms with Crippen LogP contribution in [0.15, 0.2) is 18.3 Å². The predicted octanol–water partition coefficient (Wildman–Crippen LogP) is 5.70. The van der Waals surface area contributed by atoms with E-state index in [1.54, 1.807) is 4.90 Å². The van der Waals surface area contributed by atoms with Crippen LogP contribution in [0.25, 0.3) is 0 Å². The Hall–Kier alpha value is -1.62. The largest absolute Gasteiger partial charge is 0.443 e. The van der Waals surface area contributed by atoms with Crippen molar-refractivity contribution < 1.29 is 9.53 Å². The van der Waals surface area contributed by atoms with Crippen LogP contribution in [0.3, 0.4) is 0 Å². The van der Waals surface area contributed by atoms with E-state index >= 15 is 0 Å². The Labute approximate surface area is 170 Å². The van der Waals surface area contributed by atoms with E-state index in [4.69, 9.17) is 9.72 Å². The van der Waals surface area contributed by atoms with Crippen molar-refractivity contribution in [1.82, 2.24) is 9.88 Å². The first-order chi connectivity index (χ1) is 13.4. The Bertz CT molecular complexity index is 634. The van der Waals surface area contributed by atoms with E-state index < -0.39 is 5.60 Å². The van der Waals surface area contributed by atoms with Gasteiger partial charge < -0.3 is 4.74 Å². The summed E-state index contributed by atoms with van der Waals surface area (Å²) in [6.45, 7) is 10.3. The van der Waals surface area contributed by atoms with Gasteiger partial charge in [0.05, 0.1) is 0 Å². The Morgan fingerprint density at radius 2 is 2.00 bits per heavy atom. The third kappa shape index (κ3) is 5.25. The molecule has 0 radical (unpaired) electrons. The third-order valence-corrected chi connectivity index (χ3v) is 5.84. The molecule has 28 heavy (non-hydrogen) atoms. The highest BCUT2D eigenvalue weighted by atomic mass is 16.6. The molecule has 5 nitrogen and oxygen atoms in total. The number of amides is 1. The molecule has 1 amide bonds. The zero-order valence-corrected chi connectivity index (χ0v) is 18.1. The molecule has 3 rings (SSSR count). The lowest BCUT2D eigenvalue weighted by Crippen LogP contribution is -2.47. The van der Waals surface area contributed by atoms with Crippen molar-refractivity contribution in [3.8, 4) is 0 Å². The molecular formula is C23H37N3O2. The van der Waals surface area contributed by atoms with Gasteiger partial charge in [0.15, 0.2) is 0 Å². The number of aromatic nitrogens is 1. The predicted molar refractivity (Wildman–Crippen MR) is 114 cm³/mol. The van der Waals surface area contributed by atoms with Crippen LogP contribution < -0.4 is 4.90 Å². The molecule has 1 aliphatic carbocycles. The van der Waals surface area contributed by atoms with Crippen LogP contribution in [0.5, 0.6) is 0 Å². The molecular weight excluding hydrogens is 350 g/mol. The van der Waals surface area contributed by atoms with Gasteiger partial charge >= 0.3 is 6.09 Å². The van der Waals surface area contributed by atoms with Gasteiger partial charge in [0.1, 0.15) is 11.4 Å². The molecule has 1 aromatic heterocycles. The number of likely N-dealkylation sites (tertiary alicyclic amines) is 1. The summed E-state index contributed by atoms with van der Waals surface area (Å²) < 4.78 is 5.66. The average Bonchev–Trinajstić information content (AvgIpc) is 2.62. The standard InChI is InChI=1S/C23H37N3O2/c1-5-6-15-25-16-8-7-12-20(25)18-13-14-21(24-17-18)26(19-10-9-11-19)22(27)28-23(2,3)4/h13-14,17,19-20H,5-12,15-16H2,1-4H3/t20-/m1/s1. The van der Waals surface area contributed by atoms with Crippen LogP contribution in [0.4, 0.5) is 10.6 Å². The van der Waals surface area contributed by atoms with Gasteiger partial charge in [-0.25, -0.2) is 9.78 Å². The van der Waals surface area contributed by atoms with Gasteiger partial charge in [0, 0.05) is 18.3 Å². The van der Waals surface area contributed by atoms with Crippen LogP contribution >= 0.6 is 0 Å². The Morgan fingerprint density at radius 3 is 2.57 bits per heavy atom. The highest BCUT2D eigenvalue weighted by molar-refractivity contribution is 5.87. The fourth-order valence-electron chi connectivity index (χ4n) is 4.12.